The average molecular weight is 442 g/mol. The van der Waals surface area contributed by atoms with Crippen LogP contribution in [0.2, 0.25) is 0 Å². The minimum absolute atomic E-state index is 0. The van der Waals surface area contributed by atoms with Crippen molar-refractivity contribution in [2.45, 2.75) is 19.6 Å². The van der Waals surface area contributed by atoms with Gasteiger partial charge in [0.15, 0.2) is 12.6 Å². The maximum absolute atomic E-state index is 12.0. The second-order valence-corrected chi connectivity index (χ2v) is 4.16. The number of nitrogens with zero attached hydrogens (tertiary/aromatic N) is 2. The molecule has 2 N–H and O–H groups in total. The highest BCUT2D eigenvalue weighted by molar-refractivity contribution is 14.0. The zero-order valence-corrected chi connectivity index (χ0v) is 14.8. The Kier molecular flexibility index (Phi) is 10.1. The molecule has 0 fully saturated rings. The van der Waals surface area contributed by atoms with E-state index in [1.54, 1.807) is 6.07 Å². The van der Waals surface area contributed by atoms with E-state index in [1.165, 1.54) is 12.3 Å². The molecule has 5 nitrogen and oxygen atoms in total. The molecule has 0 radical (unpaired) electrons. The third-order valence-corrected chi connectivity index (χ3v) is 2.30. The lowest BCUT2D eigenvalue weighted by atomic mass is 10.3. The number of guanidine groups is 1. The molecular formula is C14H18F3IN4O. The lowest BCUT2D eigenvalue weighted by Crippen LogP contribution is -2.37. The SMILES string of the molecule is C#CCNC(=NCc1ccc(OCC(F)(F)F)nc1)NCC.I. The van der Waals surface area contributed by atoms with Gasteiger partial charge in [-0.25, -0.2) is 9.98 Å². The number of terminal acetylenes is 1. The molecule has 128 valence electrons. The molecule has 1 aromatic rings. The van der Waals surface area contributed by atoms with E-state index in [2.05, 4.69) is 31.3 Å². The first-order chi connectivity index (χ1) is 10.4. The smallest absolute Gasteiger partial charge is 0.422 e. The molecule has 0 aromatic carbocycles. The minimum Gasteiger partial charge on any atom is -0.468 e. The van der Waals surface area contributed by atoms with E-state index in [9.17, 15) is 13.2 Å². The van der Waals surface area contributed by atoms with E-state index in [0.29, 0.717) is 25.6 Å². The van der Waals surface area contributed by atoms with Gasteiger partial charge < -0.3 is 15.4 Å². The van der Waals surface area contributed by atoms with Crippen LogP contribution in [0.4, 0.5) is 13.2 Å². The Morgan fingerprint density at radius 2 is 2.13 bits per heavy atom. The molecule has 0 spiro atoms. The van der Waals surface area contributed by atoms with Crippen molar-refractivity contribution in [2.75, 3.05) is 19.7 Å². The Morgan fingerprint density at radius 3 is 2.65 bits per heavy atom. The Hall–Kier alpha value is -1.70. The molecule has 0 unspecified atom stereocenters. The number of hydrogen-bond acceptors (Lipinski definition) is 3. The fourth-order valence-corrected chi connectivity index (χ4v) is 1.39. The fraction of sp³-hybridized carbons (Fsp3) is 0.429. The van der Waals surface area contributed by atoms with Crippen molar-refractivity contribution in [1.82, 2.24) is 15.6 Å². The Balaban J connectivity index is 0.00000484. The summed E-state index contributed by atoms with van der Waals surface area (Å²) in [5, 5.41) is 5.93. The molecule has 0 aliphatic heterocycles. The van der Waals surface area contributed by atoms with E-state index in [4.69, 9.17) is 6.42 Å². The van der Waals surface area contributed by atoms with Crippen LogP contribution in [0.15, 0.2) is 23.3 Å². The van der Waals surface area contributed by atoms with Crippen molar-refractivity contribution in [3.05, 3.63) is 23.9 Å². The van der Waals surface area contributed by atoms with Crippen LogP contribution in [0, 0.1) is 12.3 Å². The van der Waals surface area contributed by atoms with Gasteiger partial charge in [-0.05, 0) is 12.5 Å². The number of hydrogen-bond donors (Lipinski definition) is 2. The van der Waals surface area contributed by atoms with Gasteiger partial charge in [-0.3, -0.25) is 0 Å². The zero-order chi connectivity index (χ0) is 16.4. The van der Waals surface area contributed by atoms with Crippen LogP contribution in [-0.2, 0) is 6.54 Å². The molecule has 1 rings (SSSR count). The van der Waals surface area contributed by atoms with Crippen molar-refractivity contribution in [3.8, 4) is 18.2 Å². The van der Waals surface area contributed by atoms with Crippen molar-refractivity contribution >= 4 is 29.9 Å². The van der Waals surface area contributed by atoms with E-state index >= 15 is 0 Å². The molecule has 0 aliphatic carbocycles. The van der Waals surface area contributed by atoms with Gasteiger partial charge in [-0.15, -0.1) is 30.4 Å². The molecule has 0 saturated heterocycles. The predicted octanol–water partition coefficient (Wildman–Crippen LogP) is 2.33. The van der Waals surface area contributed by atoms with Crippen molar-refractivity contribution in [2.24, 2.45) is 4.99 Å². The molecule has 0 bridgehead atoms. The van der Waals surface area contributed by atoms with Crippen LogP contribution >= 0.6 is 24.0 Å². The fourth-order valence-electron chi connectivity index (χ4n) is 1.39. The van der Waals surface area contributed by atoms with Crippen LogP contribution in [0.5, 0.6) is 5.88 Å². The number of ether oxygens (including phenoxy) is 1. The molecule has 1 heterocycles. The van der Waals surface area contributed by atoms with Gasteiger partial charge in [0, 0.05) is 18.8 Å². The number of alkyl halides is 3. The van der Waals surface area contributed by atoms with Crippen molar-refractivity contribution in [3.63, 3.8) is 0 Å². The highest BCUT2D eigenvalue weighted by atomic mass is 127. The lowest BCUT2D eigenvalue weighted by molar-refractivity contribution is -0.154. The van der Waals surface area contributed by atoms with Gasteiger partial charge >= 0.3 is 6.18 Å². The molecule has 0 amide bonds. The molecule has 23 heavy (non-hydrogen) atoms. The van der Waals surface area contributed by atoms with E-state index in [0.717, 1.165) is 5.56 Å². The van der Waals surface area contributed by atoms with Crippen molar-refractivity contribution < 1.29 is 17.9 Å². The van der Waals surface area contributed by atoms with E-state index < -0.39 is 12.8 Å². The number of nitrogens with one attached hydrogen (secondary N) is 2. The van der Waals surface area contributed by atoms with Crippen LogP contribution in [-0.4, -0.2) is 36.8 Å². The summed E-state index contributed by atoms with van der Waals surface area (Å²) in [5.41, 5.74) is 0.734. The van der Waals surface area contributed by atoms with Gasteiger partial charge in [-0.1, -0.05) is 12.0 Å². The van der Waals surface area contributed by atoms with Gasteiger partial charge in [0.1, 0.15) is 0 Å². The second kappa shape index (κ2) is 10.9. The number of aliphatic imine (C=N–C) groups is 1. The number of aromatic nitrogens is 1. The van der Waals surface area contributed by atoms with Gasteiger partial charge in [0.05, 0.1) is 13.1 Å². The van der Waals surface area contributed by atoms with Crippen LogP contribution in [0.25, 0.3) is 0 Å². The first-order valence-corrected chi connectivity index (χ1v) is 6.54. The topological polar surface area (TPSA) is 58.5 Å². The molecular weight excluding hydrogens is 424 g/mol. The average Bonchev–Trinajstić information content (AvgIpc) is 2.48. The minimum atomic E-state index is -4.38. The molecule has 0 aliphatic rings. The molecule has 1 aromatic heterocycles. The van der Waals surface area contributed by atoms with Gasteiger partial charge in [0.25, 0.3) is 0 Å². The summed E-state index contributed by atoms with van der Waals surface area (Å²) in [6, 6.07) is 2.98. The first kappa shape index (κ1) is 21.3. The predicted molar refractivity (Wildman–Crippen MR) is 92.9 cm³/mol. The summed E-state index contributed by atoms with van der Waals surface area (Å²) >= 11 is 0. The van der Waals surface area contributed by atoms with E-state index in [1.807, 2.05) is 6.92 Å². The van der Waals surface area contributed by atoms with Crippen LogP contribution in [0.1, 0.15) is 12.5 Å². The third kappa shape index (κ3) is 9.83. The lowest BCUT2D eigenvalue weighted by Gasteiger charge is -2.09. The highest BCUT2D eigenvalue weighted by Gasteiger charge is 2.28. The van der Waals surface area contributed by atoms with Crippen LogP contribution in [0.3, 0.4) is 0 Å². The zero-order valence-electron chi connectivity index (χ0n) is 12.5. The molecule has 9 heteroatoms. The first-order valence-electron chi connectivity index (χ1n) is 6.54. The quantitative estimate of drug-likeness (QED) is 0.308. The molecule has 0 saturated carbocycles. The Morgan fingerprint density at radius 1 is 1.39 bits per heavy atom. The van der Waals surface area contributed by atoms with Crippen LogP contribution < -0.4 is 15.4 Å². The van der Waals surface area contributed by atoms with E-state index in [-0.39, 0.29) is 29.9 Å². The standard InChI is InChI=1S/C14H17F3N4O.HI/c1-3-7-19-13(18-4-2)21-9-11-5-6-12(20-8-11)22-10-14(15,16)17;/h1,5-6,8H,4,7,9-10H2,2H3,(H2,18,19,21);1H. The molecule has 0 atom stereocenters. The maximum atomic E-state index is 12.0. The number of rotatable bonds is 6. The monoisotopic (exact) mass is 442 g/mol. The van der Waals surface area contributed by atoms with Gasteiger partial charge in [-0.2, -0.15) is 13.2 Å². The summed E-state index contributed by atoms with van der Waals surface area (Å²) in [5.74, 6) is 2.91. The summed E-state index contributed by atoms with van der Waals surface area (Å²) in [7, 11) is 0. The summed E-state index contributed by atoms with van der Waals surface area (Å²) < 4.78 is 40.5. The largest absolute Gasteiger partial charge is 0.468 e. The maximum Gasteiger partial charge on any atom is 0.422 e. The normalized spacial score (nSPS) is 11.2. The summed E-state index contributed by atoms with van der Waals surface area (Å²) in [4.78, 5) is 8.08. The Labute approximate surface area is 150 Å². The summed E-state index contributed by atoms with van der Waals surface area (Å²) in [6.07, 6.45) is 2.19. The third-order valence-electron chi connectivity index (χ3n) is 2.30. The van der Waals surface area contributed by atoms with Gasteiger partial charge in [0.2, 0.25) is 5.88 Å². The highest BCUT2D eigenvalue weighted by Crippen LogP contribution is 2.17. The Bertz CT molecular complexity index is 526. The number of halogens is 4. The second-order valence-electron chi connectivity index (χ2n) is 4.16. The van der Waals surface area contributed by atoms with Crippen molar-refractivity contribution in [1.29, 1.82) is 0 Å². The summed E-state index contributed by atoms with van der Waals surface area (Å²) in [6.45, 7) is 1.89. The number of pyridine rings is 1.